The number of aromatic nitrogens is 2. The average Bonchev–Trinajstić information content (AvgIpc) is 2.70. The maximum Gasteiger partial charge on any atom is 0.227 e. The van der Waals surface area contributed by atoms with Crippen molar-refractivity contribution in [3.63, 3.8) is 0 Å². The van der Waals surface area contributed by atoms with Crippen LogP contribution in [-0.2, 0) is 11.3 Å². The molecular weight excluding hydrogens is 208 g/mol. The minimum atomic E-state index is -0.529. The third kappa shape index (κ3) is 2.79. The smallest absolute Gasteiger partial charge is 0.227 e. The van der Waals surface area contributed by atoms with Gasteiger partial charge in [0.25, 0.3) is 0 Å². The summed E-state index contributed by atoms with van der Waals surface area (Å²) in [5.41, 5.74) is 5.05. The molecule has 0 aliphatic rings. The predicted molar refractivity (Wildman–Crippen MR) is 58.3 cm³/mol. The molecule has 6 heteroatoms. The molecule has 1 aromatic heterocycles. The molecule has 1 rings (SSSR count). The molecule has 1 unspecified atom stereocenters. The minimum absolute atomic E-state index is 0.0834. The van der Waals surface area contributed by atoms with E-state index in [4.69, 9.17) is 10.3 Å². The lowest BCUT2D eigenvalue weighted by molar-refractivity contribution is -0.130. The number of hydrogen-bond donors (Lipinski definition) is 2. The summed E-state index contributed by atoms with van der Waals surface area (Å²) in [5.74, 6) is 0.877. The third-order valence-corrected chi connectivity index (χ3v) is 2.76. The number of nitrogens with zero attached hydrogens (tertiary/aromatic N) is 2. The van der Waals surface area contributed by atoms with Gasteiger partial charge in [-0.3, -0.25) is 4.79 Å². The summed E-state index contributed by atoms with van der Waals surface area (Å²) in [6.45, 7) is 6.06. The Balaban J connectivity index is 2.52. The van der Waals surface area contributed by atoms with Crippen LogP contribution in [-0.4, -0.2) is 22.6 Å². The number of carbonyl (C=O) groups excluding carboxylic acids is 1. The molecule has 0 fully saturated rings. The van der Waals surface area contributed by atoms with Crippen molar-refractivity contribution in [2.75, 3.05) is 6.54 Å². The van der Waals surface area contributed by atoms with Crippen LogP contribution in [0.15, 0.2) is 4.52 Å². The average molecular weight is 226 g/mol. The maximum absolute atomic E-state index is 11.8. The fourth-order valence-corrected chi connectivity index (χ4v) is 1.18. The monoisotopic (exact) mass is 226 g/mol. The molecule has 0 aliphatic carbocycles. The molecule has 3 N–H and O–H groups in total. The fraction of sp³-hybridized carbons (Fsp3) is 0.700. The Hall–Kier alpha value is -1.43. The van der Waals surface area contributed by atoms with Gasteiger partial charge in [-0.15, -0.1) is 0 Å². The summed E-state index contributed by atoms with van der Waals surface area (Å²) < 4.78 is 4.80. The van der Waals surface area contributed by atoms with Gasteiger partial charge in [0, 0.05) is 13.5 Å². The normalized spacial score (nSPS) is 14.5. The van der Waals surface area contributed by atoms with Crippen LogP contribution in [0, 0.1) is 12.3 Å². The van der Waals surface area contributed by atoms with Gasteiger partial charge in [0.05, 0.1) is 12.0 Å². The van der Waals surface area contributed by atoms with Crippen molar-refractivity contribution in [3.8, 4) is 0 Å². The zero-order valence-electron chi connectivity index (χ0n) is 9.91. The fourth-order valence-electron chi connectivity index (χ4n) is 1.18. The van der Waals surface area contributed by atoms with E-state index < -0.39 is 5.41 Å². The van der Waals surface area contributed by atoms with E-state index in [-0.39, 0.29) is 12.5 Å². The molecular formula is C10H18N4O2. The molecule has 1 heterocycles. The highest BCUT2D eigenvalue weighted by Crippen LogP contribution is 2.19. The molecule has 0 saturated heterocycles. The molecule has 0 saturated carbocycles. The lowest BCUT2D eigenvalue weighted by Crippen LogP contribution is -2.43. The molecule has 0 bridgehead atoms. The summed E-state index contributed by atoms with van der Waals surface area (Å²) in [6.07, 6.45) is 0.695. The molecule has 16 heavy (non-hydrogen) atoms. The van der Waals surface area contributed by atoms with Crippen molar-refractivity contribution in [2.24, 2.45) is 11.1 Å². The van der Waals surface area contributed by atoms with Crippen LogP contribution in [0.1, 0.15) is 32.0 Å². The number of hydrogen-bond acceptors (Lipinski definition) is 5. The van der Waals surface area contributed by atoms with Crippen LogP contribution in [0.5, 0.6) is 0 Å². The van der Waals surface area contributed by atoms with Crippen molar-refractivity contribution in [3.05, 3.63) is 11.7 Å². The Morgan fingerprint density at radius 1 is 1.62 bits per heavy atom. The van der Waals surface area contributed by atoms with Gasteiger partial charge in [0.1, 0.15) is 0 Å². The van der Waals surface area contributed by atoms with E-state index in [9.17, 15) is 4.79 Å². The van der Waals surface area contributed by atoms with Gasteiger partial charge in [0.2, 0.25) is 11.8 Å². The highest BCUT2D eigenvalue weighted by molar-refractivity contribution is 5.82. The first-order chi connectivity index (χ1) is 7.51. The molecule has 90 valence electrons. The number of carbonyl (C=O) groups is 1. The van der Waals surface area contributed by atoms with Crippen LogP contribution in [0.25, 0.3) is 0 Å². The second-order valence-electron chi connectivity index (χ2n) is 4.03. The van der Waals surface area contributed by atoms with Crippen molar-refractivity contribution >= 4 is 5.91 Å². The van der Waals surface area contributed by atoms with E-state index in [1.165, 1.54) is 0 Å². The van der Waals surface area contributed by atoms with Crippen LogP contribution < -0.4 is 11.1 Å². The summed E-state index contributed by atoms with van der Waals surface area (Å²) in [7, 11) is 0. The lowest BCUT2D eigenvalue weighted by Gasteiger charge is -2.24. The summed E-state index contributed by atoms with van der Waals surface area (Å²) in [4.78, 5) is 15.8. The van der Waals surface area contributed by atoms with E-state index in [0.29, 0.717) is 24.7 Å². The Morgan fingerprint density at radius 2 is 2.31 bits per heavy atom. The zero-order chi connectivity index (χ0) is 12.2. The molecule has 0 aliphatic heterocycles. The summed E-state index contributed by atoms with van der Waals surface area (Å²) in [6, 6.07) is 0. The standard InChI is InChI=1S/C10H18N4O2/c1-4-10(3,6-11)9(15)12-5-8-13-7(2)16-14-8/h4-6,11H2,1-3H3,(H,12,15). The van der Waals surface area contributed by atoms with Gasteiger partial charge < -0.3 is 15.6 Å². The second kappa shape index (κ2) is 5.07. The zero-order valence-corrected chi connectivity index (χ0v) is 9.91. The Kier molecular flexibility index (Phi) is 4.00. The number of aryl methyl sites for hydroxylation is 1. The minimum Gasteiger partial charge on any atom is -0.348 e. The van der Waals surface area contributed by atoms with Gasteiger partial charge in [-0.05, 0) is 13.3 Å². The topological polar surface area (TPSA) is 94.0 Å². The second-order valence-corrected chi connectivity index (χ2v) is 4.03. The van der Waals surface area contributed by atoms with E-state index in [1.807, 2.05) is 13.8 Å². The van der Waals surface area contributed by atoms with Crippen LogP contribution in [0.3, 0.4) is 0 Å². The Bertz CT molecular complexity index is 357. The van der Waals surface area contributed by atoms with E-state index in [0.717, 1.165) is 0 Å². The third-order valence-electron chi connectivity index (χ3n) is 2.76. The number of nitrogens with one attached hydrogen (secondary N) is 1. The first kappa shape index (κ1) is 12.6. The van der Waals surface area contributed by atoms with Crippen LogP contribution in [0.4, 0.5) is 0 Å². The number of nitrogens with two attached hydrogens (primary N) is 1. The maximum atomic E-state index is 11.8. The highest BCUT2D eigenvalue weighted by atomic mass is 16.5. The molecule has 1 atom stereocenters. The SMILES string of the molecule is CCC(C)(CN)C(=O)NCc1noc(C)n1. The highest BCUT2D eigenvalue weighted by Gasteiger charge is 2.29. The van der Waals surface area contributed by atoms with Crippen molar-refractivity contribution in [2.45, 2.75) is 33.7 Å². The van der Waals surface area contributed by atoms with Crippen LogP contribution >= 0.6 is 0 Å². The molecule has 1 amide bonds. The Labute approximate surface area is 94.6 Å². The first-order valence-corrected chi connectivity index (χ1v) is 5.29. The van der Waals surface area contributed by atoms with E-state index >= 15 is 0 Å². The Morgan fingerprint density at radius 3 is 2.75 bits per heavy atom. The number of rotatable bonds is 5. The van der Waals surface area contributed by atoms with Gasteiger partial charge in [-0.1, -0.05) is 12.1 Å². The predicted octanol–water partition coefficient (Wildman–Crippen LogP) is 0.369. The summed E-state index contributed by atoms with van der Waals surface area (Å²) in [5, 5.41) is 6.44. The largest absolute Gasteiger partial charge is 0.348 e. The van der Waals surface area contributed by atoms with Gasteiger partial charge in [0.15, 0.2) is 5.82 Å². The quantitative estimate of drug-likeness (QED) is 0.756. The van der Waals surface area contributed by atoms with Crippen molar-refractivity contribution < 1.29 is 9.32 Å². The van der Waals surface area contributed by atoms with Gasteiger partial charge in [-0.2, -0.15) is 4.98 Å². The van der Waals surface area contributed by atoms with Gasteiger partial charge in [-0.25, -0.2) is 0 Å². The molecule has 0 aromatic carbocycles. The molecule has 1 aromatic rings. The lowest BCUT2D eigenvalue weighted by atomic mass is 9.87. The summed E-state index contributed by atoms with van der Waals surface area (Å²) >= 11 is 0. The number of amides is 1. The first-order valence-electron chi connectivity index (χ1n) is 5.29. The van der Waals surface area contributed by atoms with E-state index in [2.05, 4.69) is 15.5 Å². The van der Waals surface area contributed by atoms with Crippen molar-refractivity contribution in [1.29, 1.82) is 0 Å². The van der Waals surface area contributed by atoms with Crippen molar-refractivity contribution in [1.82, 2.24) is 15.5 Å². The van der Waals surface area contributed by atoms with Crippen LogP contribution in [0.2, 0.25) is 0 Å². The van der Waals surface area contributed by atoms with Gasteiger partial charge >= 0.3 is 0 Å². The molecule has 0 radical (unpaired) electrons. The molecule has 6 nitrogen and oxygen atoms in total. The van der Waals surface area contributed by atoms with E-state index in [1.54, 1.807) is 6.92 Å². The molecule has 0 spiro atoms.